The Morgan fingerprint density at radius 2 is 1.90 bits per heavy atom. The summed E-state index contributed by atoms with van der Waals surface area (Å²) in [7, 11) is 0. The van der Waals surface area contributed by atoms with Crippen molar-refractivity contribution in [1.29, 1.82) is 0 Å². The van der Waals surface area contributed by atoms with Gasteiger partial charge < -0.3 is 15.6 Å². The van der Waals surface area contributed by atoms with Gasteiger partial charge in [-0.3, -0.25) is 4.79 Å². The lowest BCUT2D eigenvalue weighted by atomic mass is 10.2. The summed E-state index contributed by atoms with van der Waals surface area (Å²) in [5, 5.41) is 4.14. The van der Waals surface area contributed by atoms with Crippen molar-refractivity contribution in [3.05, 3.63) is 36.5 Å². The van der Waals surface area contributed by atoms with Crippen LogP contribution in [0.2, 0.25) is 0 Å². The summed E-state index contributed by atoms with van der Waals surface area (Å²) < 4.78 is 1.99. The van der Waals surface area contributed by atoms with Gasteiger partial charge in [0.25, 0.3) is 0 Å². The van der Waals surface area contributed by atoms with E-state index >= 15 is 0 Å². The van der Waals surface area contributed by atoms with Crippen molar-refractivity contribution in [2.45, 2.75) is 32.2 Å². The SMILES string of the molecule is NCCCCCCNC(=O)Cn1ccc2ccccc21. The minimum Gasteiger partial charge on any atom is -0.355 e. The van der Waals surface area contributed by atoms with E-state index in [9.17, 15) is 4.79 Å². The van der Waals surface area contributed by atoms with Gasteiger partial charge in [-0.1, -0.05) is 31.0 Å². The average molecular weight is 273 g/mol. The van der Waals surface area contributed by atoms with Crippen LogP contribution in [0.15, 0.2) is 36.5 Å². The van der Waals surface area contributed by atoms with E-state index in [4.69, 9.17) is 5.73 Å². The minimum atomic E-state index is 0.0742. The van der Waals surface area contributed by atoms with Crippen LogP contribution in [0.4, 0.5) is 0 Å². The second kappa shape index (κ2) is 7.70. The van der Waals surface area contributed by atoms with Crippen molar-refractivity contribution in [3.8, 4) is 0 Å². The van der Waals surface area contributed by atoms with E-state index in [2.05, 4.69) is 11.4 Å². The maximum absolute atomic E-state index is 11.9. The highest BCUT2D eigenvalue weighted by molar-refractivity contribution is 5.83. The first-order chi connectivity index (χ1) is 9.81. The lowest BCUT2D eigenvalue weighted by molar-refractivity contribution is -0.121. The lowest BCUT2D eigenvalue weighted by Gasteiger charge is -2.07. The monoisotopic (exact) mass is 273 g/mol. The number of nitrogens with zero attached hydrogens (tertiary/aromatic N) is 1. The van der Waals surface area contributed by atoms with Crippen LogP contribution in [-0.2, 0) is 11.3 Å². The number of para-hydroxylation sites is 1. The number of fused-ring (bicyclic) bond motifs is 1. The molecule has 108 valence electrons. The zero-order valence-electron chi connectivity index (χ0n) is 11.8. The first-order valence-corrected chi connectivity index (χ1v) is 7.32. The molecule has 0 atom stereocenters. The van der Waals surface area contributed by atoms with Crippen molar-refractivity contribution in [1.82, 2.24) is 9.88 Å². The molecular weight excluding hydrogens is 250 g/mol. The Labute approximate surface area is 120 Å². The number of unbranched alkanes of at least 4 members (excludes halogenated alkanes) is 3. The van der Waals surface area contributed by atoms with Crippen molar-refractivity contribution in [3.63, 3.8) is 0 Å². The maximum Gasteiger partial charge on any atom is 0.239 e. The molecule has 4 heteroatoms. The number of benzene rings is 1. The minimum absolute atomic E-state index is 0.0742. The quantitative estimate of drug-likeness (QED) is 0.725. The molecule has 1 amide bonds. The van der Waals surface area contributed by atoms with Gasteiger partial charge >= 0.3 is 0 Å². The van der Waals surface area contributed by atoms with E-state index in [-0.39, 0.29) is 5.91 Å². The molecule has 3 N–H and O–H groups in total. The number of hydrogen-bond acceptors (Lipinski definition) is 2. The van der Waals surface area contributed by atoms with Crippen LogP contribution in [0.5, 0.6) is 0 Å². The molecule has 1 aromatic heterocycles. The Hall–Kier alpha value is -1.81. The number of carbonyl (C=O) groups excluding carboxylic acids is 1. The van der Waals surface area contributed by atoms with Crippen LogP contribution in [0.1, 0.15) is 25.7 Å². The van der Waals surface area contributed by atoms with Gasteiger partial charge in [0.15, 0.2) is 0 Å². The summed E-state index contributed by atoms with van der Waals surface area (Å²) in [6.45, 7) is 1.89. The van der Waals surface area contributed by atoms with Crippen LogP contribution < -0.4 is 11.1 Å². The smallest absolute Gasteiger partial charge is 0.239 e. The summed E-state index contributed by atoms with van der Waals surface area (Å²) >= 11 is 0. The Morgan fingerprint density at radius 1 is 1.10 bits per heavy atom. The molecule has 0 unspecified atom stereocenters. The Kier molecular flexibility index (Phi) is 5.62. The molecule has 0 radical (unpaired) electrons. The van der Waals surface area contributed by atoms with Crippen LogP contribution in [0, 0.1) is 0 Å². The van der Waals surface area contributed by atoms with E-state index in [0.29, 0.717) is 6.54 Å². The highest BCUT2D eigenvalue weighted by Crippen LogP contribution is 2.14. The fourth-order valence-electron chi connectivity index (χ4n) is 2.34. The number of rotatable bonds is 8. The number of carbonyl (C=O) groups is 1. The Bertz CT molecular complexity index is 547. The molecule has 2 aromatic rings. The lowest BCUT2D eigenvalue weighted by Crippen LogP contribution is -2.28. The summed E-state index contributed by atoms with van der Waals surface area (Å²) in [5.41, 5.74) is 6.54. The molecule has 0 spiro atoms. The van der Waals surface area contributed by atoms with Crippen molar-refractivity contribution in [2.75, 3.05) is 13.1 Å². The number of hydrogen-bond donors (Lipinski definition) is 2. The van der Waals surface area contributed by atoms with E-state index < -0.39 is 0 Å². The van der Waals surface area contributed by atoms with Crippen LogP contribution in [0.3, 0.4) is 0 Å². The molecule has 0 saturated heterocycles. The zero-order valence-corrected chi connectivity index (χ0v) is 11.8. The van der Waals surface area contributed by atoms with Gasteiger partial charge in [0.2, 0.25) is 5.91 Å². The summed E-state index contributed by atoms with van der Waals surface area (Å²) in [5.74, 6) is 0.0742. The van der Waals surface area contributed by atoms with Gasteiger partial charge in [-0.25, -0.2) is 0 Å². The topological polar surface area (TPSA) is 60.0 Å². The molecular formula is C16H23N3O. The van der Waals surface area contributed by atoms with E-state index in [1.807, 2.05) is 35.0 Å². The second-order valence-electron chi connectivity index (χ2n) is 5.06. The normalized spacial score (nSPS) is 10.8. The summed E-state index contributed by atoms with van der Waals surface area (Å²) in [6, 6.07) is 10.1. The van der Waals surface area contributed by atoms with Crippen molar-refractivity contribution < 1.29 is 4.79 Å². The highest BCUT2D eigenvalue weighted by atomic mass is 16.1. The fourth-order valence-corrected chi connectivity index (χ4v) is 2.34. The van der Waals surface area contributed by atoms with Gasteiger partial charge in [-0.05, 0) is 36.9 Å². The molecule has 4 nitrogen and oxygen atoms in total. The first-order valence-electron chi connectivity index (χ1n) is 7.32. The molecule has 0 aliphatic carbocycles. The van der Waals surface area contributed by atoms with Crippen LogP contribution >= 0.6 is 0 Å². The third kappa shape index (κ3) is 4.10. The van der Waals surface area contributed by atoms with Gasteiger partial charge in [-0.15, -0.1) is 0 Å². The predicted molar refractivity (Wildman–Crippen MR) is 82.5 cm³/mol. The highest BCUT2D eigenvalue weighted by Gasteiger charge is 2.05. The molecule has 0 bridgehead atoms. The number of amides is 1. The summed E-state index contributed by atoms with van der Waals surface area (Å²) in [4.78, 5) is 11.9. The molecule has 0 aliphatic rings. The molecule has 2 rings (SSSR count). The first kappa shape index (κ1) is 14.6. The van der Waals surface area contributed by atoms with Crippen molar-refractivity contribution in [2.24, 2.45) is 5.73 Å². The Balaban J connectivity index is 1.74. The largest absolute Gasteiger partial charge is 0.355 e. The fraction of sp³-hybridized carbons (Fsp3) is 0.438. The van der Waals surface area contributed by atoms with Gasteiger partial charge in [0, 0.05) is 18.3 Å². The van der Waals surface area contributed by atoms with Crippen LogP contribution in [-0.4, -0.2) is 23.6 Å². The number of aromatic nitrogens is 1. The number of nitrogens with one attached hydrogen (secondary N) is 1. The number of nitrogens with two attached hydrogens (primary N) is 1. The third-order valence-electron chi connectivity index (χ3n) is 3.45. The molecule has 0 aliphatic heterocycles. The van der Waals surface area contributed by atoms with E-state index in [1.165, 1.54) is 5.39 Å². The van der Waals surface area contributed by atoms with Gasteiger partial charge in [0.05, 0.1) is 0 Å². The summed E-state index contributed by atoms with van der Waals surface area (Å²) in [6.07, 6.45) is 6.34. The molecule has 0 saturated carbocycles. The molecule has 20 heavy (non-hydrogen) atoms. The zero-order chi connectivity index (χ0) is 14.2. The van der Waals surface area contributed by atoms with Gasteiger partial charge in [-0.2, -0.15) is 0 Å². The van der Waals surface area contributed by atoms with E-state index in [1.54, 1.807) is 0 Å². The average Bonchev–Trinajstić information content (AvgIpc) is 2.86. The standard InChI is InChI=1S/C16H23N3O/c17-10-5-1-2-6-11-18-16(20)13-19-12-9-14-7-3-4-8-15(14)19/h3-4,7-9,12H,1-2,5-6,10-11,13,17H2,(H,18,20). The third-order valence-corrected chi connectivity index (χ3v) is 3.45. The molecule has 1 heterocycles. The second-order valence-corrected chi connectivity index (χ2v) is 5.06. The predicted octanol–water partition coefficient (Wildman–Crippen LogP) is 2.28. The van der Waals surface area contributed by atoms with E-state index in [0.717, 1.165) is 44.3 Å². The molecule has 0 fully saturated rings. The Morgan fingerprint density at radius 3 is 2.75 bits per heavy atom. The van der Waals surface area contributed by atoms with Crippen molar-refractivity contribution >= 4 is 16.8 Å². The van der Waals surface area contributed by atoms with Crippen LogP contribution in [0.25, 0.3) is 10.9 Å². The maximum atomic E-state index is 11.9. The van der Waals surface area contributed by atoms with Gasteiger partial charge in [0.1, 0.15) is 6.54 Å². The molecule has 1 aromatic carbocycles.